The maximum absolute atomic E-state index is 11.5. The third-order valence-electron chi connectivity index (χ3n) is 4.21. The Hall–Kier alpha value is -0.530. The van der Waals surface area contributed by atoms with Crippen LogP contribution in [0.5, 0.6) is 0 Å². The highest BCUT2D eigenvalue weighted by Gasteiger charge is 2.02. The van der Waals surface area contributed by atoms with Gasteiger partial charge in [-0.15, -0.1) is 0 Å². The fraction of sp³-hybridized carbons (Fsp3) is 0.950. The highest BCUT2D eigenvalue weighted by molar-refractivity contribution is 5.76. The van der Waals surface area contributed by atoms with Crippen molar-refractivity contribution in [3.8, 4) is 0 Å². The van der Waals surface area contributed by atoms with Gasteiger partial charge in [0, 0.05) is 12.5 Å². The van der Waals surface area contributed by atoms with Gasteiger partial charge in [0.1, 0.15) is 0 Å². The molecule has 1 N–H and O–H groups in total. The van der Waals surface area contributed by atoms with Crippen molar-refractivity contribution in [2.24, 2.45) is 0 Å². The average Bonchev–Trinajstić information content (AvgIpc) is 2.47. The molecule has 132 valence electrons. The van der Waals surface area contributed by atoms with Crippen molar-refractivity contribution in [2.45, 2.75) is 123 Å². The Bertz CT molecular complexity index is 238. The van der Waals surface area contributed by atoms with Crippen LogP contribution < -0.4 is 5.32 Å². The largest absolute Gasteiger partial charge is 0.354 e. The van der Waals surface area contributed by atoms with Crippen molar-refractivity contribution in [2.75, 3.05) is 0 Å². The zero-order valence-corrected chi connectivity index (χ0v) is 15.6. The van der Waals surface area contributed by atoms with Crippen LogP contribution in [0.1, 0.15) is 117 Å². The van der Waals surface area contributed by atoms with Crippen LogP contribution in [0.25, 0.3) is 0 Å². The topological polar surface area (TPSA) is 29.1 Å². The molecule has 22 heavy (non-hydrogen) atoms. The van der Waals surface area contributed by atoms with Crippen LogP contribution in [0.4, 0.5) is 0 Å². The van der Waals surface area contributed by atoms with Crippen LogP contribution in [-0.2, 0) is 4.79 Å². The molecular weight excluding hydrogens is 270 g/mol. The van der Waals surface area contributed by atoms with Crippen LogP contribution in [0.2, 0.25) is 0 Å². The smallest absolute Gasteiger partial charge is 0.220 e. The van der Waals surface area contributed by atoms with Gasteiger partial charge >= 0.3 is 0 Å². The minimum Gasteiger partial charge on any atom is -0.354 e. The predicted molar refractivity (Wildman–Crippen MR) is 98.2 cm³/mol. The zero-order chi connectivity index (χ0) is 16.5. The monoisotopic (exact) mass is 311 g/mol. The number of unbranched alkanes of at least 4 members (excludes halogenated alkanes) is 13. The molecular formula is C20H41NO. The van der Waals surface area contributed by atoms with Crippen molar-refractivity contribution in [3.05, 3.63) is 0 Å². The van der Waals surface area contributed by atoms with Gasteiger partial charge in [0.15, 0.2) is 0 Å². The molecule has 0 bridgehead atoms. The molecule has 0 spiro atoms. The Balaban J connectivity index is 3.07. The molecule has 0 heterocycles. The first kappa shape index (κ1) is 21.5. The van der Waals surface area contributed by atoms with Crippen molar-refractivity contribution in [1.82, 2.24) is 5.32 Å². The first-order valence-electron chi connectivity index (χ1n) is 9.96. The van der Waals surface area contributed by atoms with E-state index in [0.29, 0.717) is 6.42 Å². The van der Waals surface area contributed by atoms with Gasteiger partial charge in [-0.3, -0.25) is 4.79 Å². The third kappa shape index (κ3) is 17.5. The molecule has 0 aliphatic heterocycles. The van der Waals surface area contributed by atoms with E-state index in [4.69, 9.17) is 0 Å². The molecule has 0 aromatic carbocycles. The highest BCUT2D eigenvalue weighted by Crippen LogP contribution is 2.13. The lowest BCUT2D eigenvalue weighted by molar-refractivity contribution is -0.121. The van der Waals surface area contributed by atoms with Gasteiger partial charge in [0.25, 0.3) is 0 Å². The quantitative estimate of drug-likeness (QED) is 0.329. The maximum Gasteiger partial charge on any atom is 0.220 e. The van der Waals surface area contributed by atoms with Gasteiger partial charge in [0.05, 0.1) is 0 Å². The van der Waals surface area contributed by atoms with E-state index in [2.05, 4.69) is 12.2 Å². The molecule has 0 aromatic rings. The summed E-state index contributed by atoms with van der Waals surface area (Å²) in [7, 11) is 0. The van der Waals surface area contributed by atoms with Crippen molar-refractivity contribution in [1.29, 1.82) is 0 Å². The summed E-state index contributed by atoms with van der Waals surface area (Å²) in [5.41, 5.74) is 0. The Morgan fingerprint density at radius 2 is 1.05 bits per heavy atom. The first-order chi connectivity index (χ1) is 10.7. The lowest BCUT2D eigenvalue weighted by atomic mass is 10.0. The molecule has 2 nitrogen and oxygen atoms in total. The number of carbonyl (C=O) groups excluding carboxylic acids is 1. The summed E-state index contributed by atoms with van der Waals surface area (Å²) >= 11 is 0. The molecule has 0 aliphatic carbocycles. The average molecular weight is 312 g/mol. The van der Waals surface area contributed by atoms with Gasteiger partial charge in [0.2, 0.25) is 5.91 Å². The predicted octanol–water partition coefficient (Wildman–Crippen LogP) is 6.38. The highest BCUT2D eigenvalue weighted by atomic mass is 16.1. The molecule has 0 saturated heterocycles. The molecule has 0 fully saturated rings. The van der Waals surface area contributed by atoms with Gasteiger partial charge in [-0.25, -0.2) is 0 Å². The summed E-state index contributed by atoms with van der Waals surface area (Å²) in [6.07, 6.45) is 19.8. The first-order valence-corrected chi connectivity index (χ1v) is 9.96. The van der Waals surface area contributed by atoms with E-state index in [1.165, 1.54) is 83.5 Å². The summed E-state index contributed by atoms with van der Waals surface area (Å²) in [5.74, 6) is 0.217. The molecule has 0 radical (unpaired) electrons. The van der Waals surface area contributed by atoms with Gasteiger partial charge in [-0.1, -0.05) is 90.4 Å². The van der Waals surface area contributed by atoms with Crippen molar-refractivity contribution in [3.63, 3.8) is 0 Å². The second-order valence-corrected chi connectivity index (χ2v) is 7.07. The summed E-state index contributed by atoms with van der Waals surface area (Å²) in [4.78, 5) is 11.5. The van der Waals surface area contributed by atoms with E-state index in [1.807, 2.05) is 13.8 Å². The van der Waals surface area contributed by atoms with E-state index >= 15 is 0 Å². The molecule has 0 aliphatic rings. The minimum absolute atomic E-state index is 0.217. The number of hydrogen-bond donors (Lipinski definition) is 1. The van der Waals surface area contributed by atoms with E-state index in [0.717, 1.165) is 6.42 Å². The van der Waals surface area contributed by atoms with Crippen molar-refractivity contribution < 1.29 is 4.79 Å². The van der Waals surface area contributed by atoms with Crippen LogP contribution in [0, 0.1) is 0 Å². The fourth-order valence-corrected chi connectivity index (χ4v) is 2.87. The molecule has 2 heteroatoms. The molecule has 0 unspecified atom stereocenters. The SMILES string of the molecule is CCCCCCCCCCCCCCCCC(=O)NC(C)C. The van der Waals surface area contributed by atoms with Gasteiger partial charge in [-0.05, 0) is 20.3 Å². The van der Waals surface area contributed by atoms with E-state index in [9.17, 15) is 4.79 Å². The molecule has 0 atom stereocenters. The van der Waals surface area contributed by atoms with E-state index < -0.39 is 0 Å². The summed E-state index contributed by atoms with van der Waals surface area (Å²) in [6, 6.07) is 0.277. The number of carbonyl (C=O) groups is 1. The Kier molecular flexibility index (Phi) is 16.4. The number of amides is 1. The number of rotatable bonds is 16. The zero-order valence-electron chi connectivity index (χ0n) is 15.6. The molecule has 0 aromatic heterocycles. The van der Waals surface area contributed by atoms with Gasteiger partial charge in [-0.2, -0.15) is 0 Å². The fourth-order valence-electron chi connectivity index (χ4n) is 2.87. The lowest BCUT2D eigenvalue weighted by Crippen LogP contribution is -2.29. The van der Waals surface area contributed by atoms with E-state index in [1.54, 1.807) is 0 Å². The van der Waals surface area contributed by atoms with Gasteiger partial charge < -0.3 is 5.32 Å². The number of nitrogens with one attached hydrogen (secondary N) is 1. The number of hydrogen-bond acceptors (Lipinski definition) is 1. The second-order valence-electron chi connectivity index (χ2n) is 7.07. The maximum atomic E-state index is 11.5. The Morgan fingerprint density at radius 3 is 1.41 bits per heavy atom. The Morgan fingerprint density at radius 1 is 0.682 bits per heavy atom. The lowest BCUT2D eigenvalue weighted by Gasteiger charge is -2.07. The normalized spacial score (nSPS) is 11.1. The summed E-state index contributed by atoms with van der Waals surface area (Å²) < 4.78 is 0. The second kappa shape index (κ2) is 16.8. The van der Waals surface area contributed by atoms with Crippen LogP contribution in [0.15, 0.2) is 0 Å². The Labute approximate surface area is 139 Å². The third-order valence-corrected chi connectivity index (χ3v) is 4.21. The standard InChI is InChI=1S/C20H41NO/c1-4-5-6-7-8-9-10-11-12-13-14-15-16-17-18-20(22)21-19(2)3/h19H,4-18H2,1-3H3,(H,21,22). The van der Waals surface area contributed by atoms with Crippen molar-refractivity contribution >= 4 is 5.91 Å². The summed E-state index contributed by atoms with van der Waals surface area (Å²) in [6.45, 7) is 6.31. The molecule has 0 rings (SSSR count). The summed E-state index contributed by atoms with van der Waals surface area (Å²) in [5, 5.41) is 2.95. The molecule has 1 amide bonds. The van der Waals surface area contributed by atoms with Crippen LogP contribution >= 0.6 is 0 Å². The van der Waals surface area contributed by atoms with Crippen LogP contribution in [0.3, 0.4) is 0 Å². The van der Waals surface area contributed by atoms with E-state index in [-0.39, 0.29) is 11.9 Å². The van der Waals surface area contributed by atoms with Crippen LogP contribution in [-0.4, -0.2) is 11.9 Å². The minimum atomic E-state index is 0.217. The molecule has 0 saturated carbocycles.